The Kier molecular flexibility index (Phi) is 4.70. The van der Waals surface area contributed by atoms with Gasteiger partial charge < -0.3 is 4.74 Å². The number of carbonyl (C=O) groups is 1. The Bertz CT molecular complexity index is 374. The highest BCUT2D eigenvalue weighted by molar-refractivity contribution is 5.87. The molecule has 0 aliphatic carbocycles. The van der Waals surface area contributed by atoms with Crippen LogP contribution in [0.4, 0.5) is 0 Å². The SMILES string of the molecule is C=[NH+]C(=O)c1cccc(OCC(C)CC)c1. The molecular formula is C13H18NO2+. The molecule has 0 radical (unpaired) electrons. The molecule has 0 heterocycles. The molecule has 0 fully saturated rings. The Labute approximate surface area is 96.2 Å². The molecule has 3 heteroatoms. The van der Waals surface area contributed by atoms with E-state index in [1.165, 1.54) is 0 Å². The quantitative estimate of drug-likeness (QED) is 0.753. The van der Waals surface area contributed by atoms with Crippen LogP contribution in [-0.4, -0.2) is 19.2 Å². The van der Waals surface area contributed by atoms with Crippen molar-refractivity contribution in [1.82, 2.24) is 0 Å². The van der Waals surface area contributed by atoms with Crippen LogP contribution in [0.15, 0.2) is 24.3 Å². The molecule has 3 nitrogen and oxygen atoms in total. The molecule has 0 aromatic heterocycles. The first-order valence-electron chi connectivity index (χ1n) is 5.47. The number of nitrogens with one attached hydrogen (secondary N) is 1. The monoisotopic (exact) mass is 220 g/mol. The largest absolute Gasteiger partial charge is 0.493 e. The predicted octanol–water partition coefficient (Wildman–Crippen LogP) is 1.03. The van der Waals surface area contributed by atoms with E-state index in [0.29, 0.717) is 18.1 Å². The van der Waals surface area contributed by atoms with E-state index in [1.807, 2.05) is 6.07 Å². The van der Waals surface area contributed by atoms with Gasteiger partial charge in [0.15, 0.2) is 0 Å². The summed E-state index contributed by atoms with van der Waals surface area (Å²) in [6.07, 6.45) is 1.08. The lowest BCUT2D eigenvalue weighted by Gasteiger charge is -2.10. The summed E-state index contributed by atoms with van der Waals surface area (Å²) in [7, 11) is 0. The van der Waals surface area contributed by atoms with Crippen LogP contribution in [0.5, 0.6) is 5.75 Å². The molecule has 86 valence electrons. The average molecular weight is 220 g/mol. The van der Waals surface area contributed by atoms with Crippen molar-refractivity contribution in [3.8, 4) is 5.75 Å². The highest BCUT2D eigenvalue weighted by atomic mass is 16.5. The fraction of sp³-hybridized carbons (Fsp3) is 0.385. The molecule has 1 aromatic carbocycles. The minimum atomic E-state index is -0.200. The average Bonchev–Trinajstić information content (AvgIpc) is 2.35. The van der Waals surface area contributed by atoms with Gasteiger partial charge in [0.2, 0.25) is 0 Å². The van der Waals surface area contributed by atoms with Gasteiger partial charge in [-0.3, -0.25) is 0 Å². The molecule has 0 saturated carbocycles. The van der Waals surface area contributed by atoms with Gasteiger partial charge in [-0.25, -0.2) is 4.79 Å². The van der Waals surface area contributed by atoms with E-state index in [1.54, 1.807) is 18.2 Å². The first-order valence-corrected chi connectivity index (χ1v) is 5.47. The van der Waals surface area contributed by atoms with Gasteiger partial charge in [-0.1, -0.05) is 26.3 Å². The Morgan fingerprint density at radius 1 is 1.56 bits per heavy atom. The summed E-state index contributed by atoms with van der Waals surface area (Å²) in [6, 6.07) is 7.11. The molecule has 0 saturated heterocycles. The molecule has 0 aliphatic rings. The van der Waals surface area contributed by atoms with Crippen molar-refractivity contribution in [2.24, 2.45) is 5.92 Å². The van der Waals surface area contributed by atoms with E-state index >= 15 is 0 Å². The van der Waals surface area contributed by atoms with Gasteiger partial charge in [-0.05, 0) is 24.1 Å². The summed E-state index contributed by atoms with van der Waals surface area (Å²) >= 11 is 0. The molecule has 0 spiro atoms. The Morgan fingerprint density at radius 2 is 2.31 bits per heavy atom. The highest BCUT2D eigenvalue weighted by Crippen LogP contribution is 2.14. The second kappa shape index (κ2) is 6.05. The number of benzene rings is 1. The van der Waals surface area contributed by atoms with Crippen molar-refractivity contribution >= 4 is 12.6 Å². The minimum Gasteiger partial charge on any atom is -0.493 e. The van der Waals surface area contributed by atoms with Crippen LogP contribution in [0.25, 0.3) is 0 Å². The van der Waals surface area contributed by atoms with Crippen LogP contribution in [0, 0.1) is 5.92 Å². The van der Waals surface area contributed by atoms with Crippen LogP contribution in [-0.2, 0) is 0 Å². The van der Waals surface area contributed by atoms with Crippen LogP contribution in [0.1, 0.15) is 30.6 Å². The first-order chi connectivity index (χ1) is 7.67. The van der Waals surface area contributed by atoms with E-state index < -0.39 is 0 Å². The summed E-state index contributed by atoms with van der Waals surface area (Å²) in [6.45, 7) is 8.27. The van der Waals surface area contributed by atoms with Gasteiger partial charge in [0.05, 0.1) is 12.2 Å². The Morgan fingerprint density at radius 3 is 2.94 bits per heavy atom. The number of carbonyl (C=O) groups excluding carboxylic acids is 1. The molecule has 1 amide bonds. The van der Waals surface area contributed by atoms with E-state index in [2.05, 4.69) is 25.6 Å². The van der Waals surface area contributed by atoms with Crippen molar-refractivity contribution in [2.45, 2.75) is 20.3 Å². The predicted molar refractivity (Wildman–Crippen MR) is 63.8 cm³/mol. The van der Waals surface area contributed by atoms with Crippen molar-refractivity contribution < 1.29 is 14.5 Å². The van der Waals surface area contributed by atoms with Gasteiger partial charge in [0, 0.05) is 0 Å². The third kappa shape index (κ3) is 3.50. The van der Waals surface area contributed by atoms with Crippen molar-refractivity contribution in [2.75, 3.05) is 6.61 Å². The lowest BCUT2D eigenvalue weighted by atomic mass is 10.1. The summed E-state index contributed by atoms with van der Waals surface area (Å²) in [5.74, 6) is 1.04. The molecule has 1 aromatic rings. The number of ether oxygens (including phenoxy) is 1. The van der Waals surface area contributed by atoms with E-state index in [4.69, 9.17) is 4.74 Å². The van der Waals surface area contributed by atoms with Gasteiger partial charge in [-0.15, -0.1) is 0 Å². The van der Waals surface area contributed by atoms with Gasteiger partial charge in [-0.2, -0.15) is 4.99 Å². The molecule has 16 heavy (non-hydrogen) atoms. The molecule has 1 N–H and O–H groups in total. The summed E-state index contributed by atoms with van der Waals surface area (Å²) in [5, 5.41) is 0. The zero-order valence-electron chi connectivity index (χ0n) is 9.82. The smallest absolute Gasteiger partial charge is 0.417 e. The first kappa shape index (κ1) is 12.4. The second-order valence-electron chi connectivity index (χ2n) is 3.86. The fourth-order valence-corrected chi connectivity index (χ4v) is 1.19. The van der Waals surface area contributed by atoms with Crippen molar-refractivity contribution in [1.29, 1.82) is 0 Å². The summed E-state index contributed by atoms with van der Waals surface area (Å²) < 4.78 is 5.59. The van der Waals surface area contributed by atoms with Gasteiger partial charge in [0.25, 0.3) is 0 Å². The fourth-order valence-electron chi connectivity index (χ4n) is 1.19. The zero-order valence-corrected chi connectivity index (χ0v) is 9.82. The Balaban J connectivity index is 2.67. The van der Waals surface area contributed by atoms with E-state index in [9.17, 15) is 4.79 Å². The molecular weight excluding hydrogens is 202 g/mol. The standard InChI is InChI=1S/C13H17NO2/c1-4-10(2)9-16-12-7-5-6-11(8-12)13(15)14-3/h5-8,10H,3-4,9H2,1-2H3/p+1. The maximum Gasteiger partial charge on any atom is 0.417 e. The molecule has 1 unspecified atom stereocenters. The van der Waals surface area contributed by atoms with Crippen LogP contribution < -0.4 is 9.73 Å². The lowest BCUT2D eigenvalue weighted by molar-refractivity contribution is -0.334. The number of amides is 1. The Hall–Kier alpha value is -1.64. The van der Waals surface area contributed by atoms with Crippen LogP contribution >= 0.6 is 0 Å². The van der Waals surface area contributed by atoms with Crippen molar-refractivity contribution in [3.05, 3.63) is 29.8 Å². The summed E-state index contributed by atoms with van der Waals surface area (Å²) in [5.41, 5.74) is 0.566. The molecule has 1 atom stereocenters. The second-order valence-corrected chi connectivity index (χ2v) is 3.86. The normalized spacial score (nSPS) is 11.9. The molecule has 0 aliphatic heterocycles. The third-order valence-electron chi connectivity index (χ3n) is 2.49. The van der Waals surface area contributed by atoms with Gasteiger partial charge in [0.1, 0.15) is 12.5 Å². The van der Waals surface area contributed by atoms with Crippen LogP contribution in [0.2, 0.25) is 0 Å². The number of hydrogen-bond donors (Lipinski definition) is 1. The highest BCUT2D eigenvalue weighted by Gasteiger charge is 2.09. The van der Waals surface area contributed by atoms with E-state index in [0.717, 1.165) is 12.2 Å². The number of hydrogen-bond acceptors (Lipinski definition) is 2. The van der Waals surface area contributed by atoms with Crippen molar-refractivity contribution in [3.63, 3.8) is 0 Å². The van der Waals surface area contributed by atoms with Gasteiger partial charge >= 0.3 is 5.91 Å². The maximum atomic E-state index is 11.3. The van der Waals surface area contributed by atoms with Crippen LogP contribution in [0.3, 0.4) is 0 Å². The topological polar surface area (TPSA) is 40.3 Å². The molecule has 1 rings (SSSR count). The zero-order chi connectivity index (χ0) is 12.0. The number of rotatable bonds is 5. The lowest BCUT2D eigenvalue weighted by Crippen LogP contribution is -2.70. The minimum absolute atomic E-state index is 0.200. The maximum absolute atomic E-state index is 11.3. The summed E-state index contributed by atoms with van der Waals surface area (Å²) in [4.78, 5) is 13.7. The molecule has 0 bridgehead atoms. The third-order valence-corrected chi connectivity index (χ3v) is 2.49. The van der Waals surface area contributed by atoms with E-state index in [-0.39, 0.29) is 5.91 Å².